The standard InChI is InChI=1S/C26H44F2N5OP/c27-26(28,35)22-12-11-18(24(29)30-22)25(34)32-14-13-21-23-19(3-1-2-4-20(23)32)31-33(21)17-9-7-16(8-10-17)15-5-6-15/h15-24,30-31H,1-14,29,35H2/t16?,17?,18?,19?,20-,21?,22?,23?,24?/m0/s1. The first kappa shape index (κ1) is 24.9. The van der Waals surface area contributed by atoms with Gasteiger partial charge in [0.15, 0.2) is 0 Å². The van der Waals surface area contributed by atoms with E-state index in [0.717, 1.165) is 37.6 Å². The minimum Gasteiger partial charge on any atom is -0.339 e. The van der Waals surface area contributed by atoms with Gasteiger partial charge in [-0.2, -0.15) is 0 Å². The van der Waals surface area contributed by atoms with Crippen molar-refractivity contribution in [2.75, 3.05) is 6.54 Å². The van der Waals surface area contributed by atoms with E-state index in [-0.39, 0.29) is 18.4 Å². The molecule has 3 heterocycles. The number of amides is 1. The average Bonchev–Trinajstić information content (AvgIpc) is 3.65. The molecular weight excluding hydrogens is 467 g/mol. The highest BCUT2D eigenvalue weighted by atomic mass is 31.0. The van der Waals surface area contributed by atoms with Crippen molar-refractivity contribution in [3.8, 4) is 0 Å². The Balaban J connectivity index is 1.14. The molecule has 0 aromatic heterocycles. The number of hydrazine groups is 1. The van der Waals surface area contributed by atoms with Crippen molar-refractivity contribution in [1.29, 1.82) is 0 Å². The third kappa shape index (κ3) is 4.80. The number of hydrogen-bond acceptors (Lipinski definition) is 5. The molecule has 0 radical (unpaired) electrons. The van der Waals surface area contributed by atoms with Crippen molar-refractivity contribution < 1.29 is 13.6 Å². The Bertz CT molecular complexity index is 786. The van der Waals surface area contributed by atoms with E-state index in [9.17, 15) is 13.6 Å². The second-order valence-electron chi connectivity index (χ2n) is 12.5. The maximum Gasteiger partial charge on any atom is 0.273 e. The average molecular weight is 512 g/mol. The molecule has 0 aromatic carbocycles. The number of nitrogens with one attached hydrogen (secondary N) is 2. The van der Waals surface area contributed by atoms with E-state index in [4.69, 9.17) is 5.73 Å². The summed E-state index contributed by atoms with van der Waals surface area (Å²) in [6.07, 6.45) is 13.9. The van der Waals surface area contributed by atoms with Crippen molar-refractivity contribution in [3.05, 3.63) is 0 Å². The molecule has 1 amide bonds. The van der Waals surface area contributed by atoms with E-state index in [1.54, 1.807) is 9.24 Å². The van der Waals surface area contributed by atoms with E-state index in [0.29, 0.717) is 30.5 Å². The molecule has 35 heavy (non-hydrogen) atoms. The molecule has 3 saturated carbocycles. The quantitative estimate of drug-likeness (QED) is 0.505. The van der Waals surface area contributed by atoms with Gasteiger partial charge in [-0.05, 0) is 82.5 Å². The summed E-state index contributed by atoms with van der Waals surface area (Å²) in [7, 11) is 1.62. The number of piperidine rings is 2. The Hall–Kier alpha value is -0.400. The maximum atomic E-state index is 13.8. The van der Waals surface area contributed by atoms with Crippen LogP contribution in [0.4, 0.5) is 8.78 Å². The minimum atomic E-state index is -2.91. The van der Waals surface area contributed by atoms with Gasteiger partial charge >= 0.3 is 0 Å². The van der Waals surface area contributed by atoms with Gasteiger partial charge in [-0.3, -0.25) is 15.5 Å². The van der Waals surface area contributed by atoms with Gasteiger partial charge in [-0.25, -0.2) is 13.8 Å². The van der Waals surface area contributed by atoms with Crippen LogP contribution in [0.5, 0.6) is 0 Å². The topological polar surface area (TPSA) is 73.6 Å². The summed E-state index contributed by atoms with van der Waals surface area (Å²) in [5, 5.41) is 5.50. The lowest BCUT2D eigenvalue weighted by atomic mass is 9.77. The number of alkyl halides is 2. The first-order chi connectivity index (χ1) is 16.8. The fourth-order valence-electron chi connectivity index (χ4n) is 8.47. The van der Waals surface area contributed by atoms with Gasteiger partial charge < -0.3 is 10.6 Å². The highest BCUT2D eigenvalue weighted by Crippen LogP contribution is 2.47. The van der Waals surface area contributed by atoms with Crippen LogP contribution in [-0.4, -0.2) is 64.4 Å². The number of carbonyl (C=O) groups excluding carboxylic acids is 1. The molecular formula is C26H44F2N5OP. The van der Waals surface area contributed by atoms with E-state index in [1.165, 1.54) is 51.4 Å². The molecule has 0 aromatic rings. The molecule has 4 N–H and O–H groups in total. The molecule has 198 valence electrons. The number of hydrogen-bond donors (Lipinski definition) is 3. The van der Waals surface area contributed by atoms with E-state index < -0.39 is 23.8 Å². The molecule has 3 saturated heterocycles. The number of nitrogens with two attached hydrogens (primary N) is 1. The molecule has 3 aliphatic heterocycles. The van der Waals surface area contributed by atoms with Gasteiger partial charge in [0.1, 0.15) is 0 Å². The van der Waals surface area contributed by atoms with Crippen LogP contribution in [0, 0.1) is 23.7 Å². The molecule has 6 nitrogen and oxygen atoms in total. The predicted molar refractivity (Wildman–Crippen MR) is 135 cm³/mol. The highest BCUT2D eigenvalue weighted by molar-refractivity contribution is 7.18. The number of likely N-dealkylation sites (tertiary alicyclic amines) is 1. The lowest BCUT2D eigenvalue weighted by Gasteiger charge is -2.48. The SMILES string of the molecule is NC1NC(C(F)(F)P)CCC1C(=O)N1CCC2C3C(CCCC[C@@H]31)NN2C1CCC(C2CC2)CC1. The number of rotatable bonds is 4. The molecule has 8 atom stereocenters. The van der Waals surface area contributed by atoms with Crippen LogP contribution in [0.25, 0.3) is 0 Å². The summed E-state index contributed by atoms with van der Waals surface area (Å²) >= 11 is 0. The second-order valence-corrected chi connectivity index (χ2v) is 13.2. The van der Waals surface area contributed by atoms with Crippen molar-refractivity contribution in [3.63, 3.8) is 0 Å². The van der Waals surface area contributed by atoms with Crippen molar-refractivity contribution in [1.82, 2.24) is 20.7 Å². The van der Waals surface area contributed by atoms with E-state index in [1.807, 2.05) is 0 Å². The molecule has 0 bridgehead atoms. The third-order valence-electron chi connectivity index (χ3n) is 10.4. The zero-order chi connectivity index (χ0) is 24.3. The van der Waals surface area contributed by atoms with Gasteiger partial charge in [0.2, 0.25) is 5.91 Å². The number of carbonyl (C=O) groups is 1. The van der Waals surface area contributed by atoms with Crippen molar-refractivity contribution in [2.24, 2.45) is 29.4 Å². The predicted octanol–water partition coefficient (Wildman–Crippen LogP) is 3.42. The fourth-order valence-corrected chi connectivity index (χ4v) is 8.73. The largest absolute Gasteiger partial charge is 0.339 e. The summed E-state index contributed by atoms with van der Waals surface area (Å²) in [5.41, 5.74) is 7.34. The Kier molecular flexibility index (Phi) is 6.92. The molecule has 3 aliphatic carbocycles. The van der Waals surface area contributed by atoms with Crippen LogP contribution < -0.4 is 16.5 Å². The monoisotopic (exact) mass is 511 g/mol. The summed E-state index contributed by atoms with van der Waals surface area (Å²) in [6, 6.07) is 0.839. The molecule has 6 fully saturated rings. The summed E-state index contributed by atoms with van der Waals surface area (Å²) in [6.45, 7) is 0.763. The fraction of sp³-hybridized carbons (Fsp3) is 0.962. The van der Waals surface area contributed by atoms with Gasteiger partial charge in [0.25, 0.3) is 5.66 Å². The van der Waals surface area contributed by atoms with Gasteiger partial charge in [-0.15, -0.1) is 0 Å². The van der Waals surface area contributed by atoms with E-state index in [2.05, 4.69) is 20.7 Å². The van der Waals surface area contributed by atoms with Crippen LogP contribution >= 0.6 is 9.24 Å². The molecule has 6 rings (SSSR count). The van der Waals surface area contributed by atoms with Crippen LogP contribution in [0.15, 0.2) is 0 Å². The zero-order valence-corrected chi connectivity index (χ0v) is 22.0. The van der Waals surface area contributed by atoms with Crippen LogP contribution in [0.1, 0.15) is 83.5 Å². The highest BCUT2D eigenvalue weighted by Gasteiger charge is 2.54. The van der Waals surface area contributed by atoms with Crippen LogP contribution in [0.3, 0.4) is 0 Å². The first-order valence-corrected chi connectivity index (χ1v) is 14.9. The summed E-state index contributed by atoms with van der Waals surface area (Å²) in [5.74, 6) is 2.12. The zero-order valence-electron chi connectivity index (χ0n) is 20.9. The number of nitrogens with zero attached hydrogens (tertiary/aromatic N) is 2. The molecule has 0 spiro atoms. The second kappa shape index (κ2) is 9.72. The Morgan fingerprint density at radius 1 is 0.886 bits per heavy atom. The summed E-state index contributed by atoms with van der Waals surface area (Å²) < 4.78 is 27.6. The first-order valence-electron chi connectivity index (χ1n) is 14.3. The number of halogens is 2. The van der Waals surface area contributed by atoms with Crippen LogP contribution in [0.2, 0.25) is 0 Å². The van der Waals surface area contributed by atoms with Gasteiger partial charge in [0, 0.05) is 36.6 Å². The smallest absolute Gasteiger partial charge is 0.273 e. The molecule has 6 aliphatic rings. The van der Waals surface area contributed by atoms with Gasteiger partial charge in [0.05, 0.1) is 18.1 Å². The Morgan fingerprint density at radius 2 is 1.57 bits per heavy atom. The Labute approximate surface area is 211 Å². The third-order valence-corrected chi connectivity index (χ3v) is 10.8. The minimum absolute atomic E-state index is 0.0861. The molecule has 9 heteroatoms. The van der Waals surface area contributed by atoms with Crippen LogP contribution in [-0.2, 0) is 4.79 Å². The lowest BCUT2D eigenvalue weighted by Crippen LogP contribution is -2.63. The van der Waals surface area contributed by atoms with E-state index >= 15 is 0 Å². The summed E-state index contributed by atoms with van der Waals surface area (Å²) in [4.78, 5) is 15.9. The van der Waals surface area contributed by atoms with Gasteiger partial charge in [-0.1, -0.05) is 22.1 Å². The molecule has 7 unspecified atom stereocenters. The van der Waals surface area contributed by atoms with Crippen molar-refractivity contribution in [2.45, 2.75) is 126 Å². The lowest BCUT2D eigenvalue weighted by molar-refractivity contribution is -0.145. The normalized spacial score (nSPS) is 45.1. The maximum absolute atomic E-state index is 13.8. The Morgan fingerprint density at radius 3 is 2.23 bits per heavy atom. The van der Waals surface area contributed by atoms with Crippen molar-refractivity contribution >= 4 is 15.1 Å².